The molecule has 0 rings (SSSR count). The Hall–Kier alpha value is -2.11. The fourth-order valence-corrected chi connectivity index (χ4v) is 4.88. The second-order valence-electron chi connectivity index (χ2n) is 12.1. The summed E-state index contributed by atoms with van der Waals surface area (Å²) in [6.07, 6.45) is 33.5. The second-order valence-corrected chi connectivity index (χ2v) is 12.1. The average molecular weight is 621 g/mol. The monoisotopic (exact) mass is 621 g/mol. The summed E-state index contributed by atoms with van der Waals surface area (Å²) < 4.78 is 16.4. The molecule has 1 unspecified atom stereocenters. The Bertz CT molecular complexity index is 729. The van der Waals surface area contributed by atoms with E-state index in [1.807, 2.05) is 0 Å². The van der Waals surface area contributed by atoms with Crippen LogP contribution in [0, 0.1) is 0 Å². The summed E-state index contributed by atoms with van der Waals surface area (Å²) in [5.74, 6) is -0.921. The van der Waals surface area contributed by atoms with E-state index >= 15 is 0 Å². The summed E-state index contributed by atoms with van der Waals surface area (Å²) in [6.45, 7) is 6.42. The summed E-state index contributed by atoms with van der Waals surface area (Å²) in [7, 11) is 0. The van der Waals surface area contributed by atoms with E-state index in [-0.39, 0.29) is 31.1 Å². The van der Waals surface area contributed by atoms with E-state index in [9.17, 15) is 14.4 Å². The van der Waals surface area contributed by atoms with Gasteiger partial charge in [-0.3, -0.25) is 14.4 Å². The zero-order chi connectivity index (χ0) is 32.4. The normalized spacial score (nSPS) is 12.2. The van der Waals surface area contributed by atoms with Crippen LogP contribution in [0.4, 0.5) is 0 Å². The second kappa shape index (κ2) is 33.8. The number of carbonyl (C=O) groups is 3. The first-order valence-electron chi connectivity index (χ1n) is 18.3. The zero-order valence-electron chi connectivity index (χ0n) is 28.9. The van der Waals surface area contributed by atoms with Crippen LogP contribution in [0.25, 0.3) is 0 Å². The molecule has 0 spiro atoms. The molecule has 1 atom stereocenters. The largest absolute Gasteiger partial charge is 0.462 e. The molecule has 0 aromatic carbocycles. The van der Waals surface area contributed by atoms with Crippen molar-refractivity contribution in [3.05, 3.63) is 24.3 Å². The van der Waals surface area contributed by atoms with Gasteiger partial charge >= 0.3 is 17.9 Å². The van der Waals surface area contributed by atoms with E-state index in [1.165, 1.54) is 57.8 Å². The minimum atomic E-state index is -0.764. The molecule has 0 amide bonds. The highest BCUT2D eigenvalue weighted by Crippen LogP contribution is 2.12. The molecule has 0 aromatic rings. The zero-order valence-corrected chi connectivity index (χ0v) is 28.9. The Balaban J connectivity index is 4.22. The lowest BCUT2D eigenvalue weighted by atomic mass is 10.1. The van der Waals surface area contributed by atoms with Crippen LogP contribution in [0.2, 0.25) is 0 Å². The third kappa shape index (κ3) is 31.3. The molecule has 6 nitrogen and oxygen atoms in total. The maximum atomic E-state index is 12.4. The fourth-order valence-electron chi connectivity index (χ4n) is 4.88. The fraction of sp³-hybridized carbons (Fsp3) is 0.816. The third-order valence-corrected chi connectivity index (χ3v) is 7.71. The summed E-state index contributed by atoms with van der Waals surface area (Å²) in [6, 6.07) is 0. The Kier molecular flexibility index (Phi) is 32.2. The number of ether oxygens (including phenoxy) is 3. The molecule has 0 aliphatic carbocycles. The highest BCUT2D eigenvalue weighted by molar-refractivity contribution is 5.71. The Labute approximate surface area is 271 Å². The summed E-state index contributed by atoms with van der Waals surface area (Å²) in [4.78, 5) is 37.0. The number of rotatable bonds is 32. The molecule has 0 aliphatic rings. The predicted molar refractivity (Wildman–Crippen MR) is 183 cm³/mol. The molecule has 0 fully saturated rings. The van der Waals surface area contributed by atoms with Gasteiger partial charge in [0.15, 0.2) is 6.10 Å². The molecule has 6 heteroatoms. The molecular formula is C38H68O6. The Morgan fingerprint density at radius 1 is 0.455 bits per heavy atom. The van der Waals surface area contributed by atoms with Crippen molar-refractivity contribution in [1.29, 1.82) is 0 Å². The van der Waals surface area contributed by atoms with Crippen LogP contribution in [0.3, 0.4) is 0 Å². The highest BCUT2D eigenvalue weighted by Gasteiger charge is 2.19. The number of hydrogen-bond acceptors (Lipinski definition) is 6. The standard InChI is InChI=1S/C38H68O6/c1-4-7-10-13-15-16-17-18-19-20-21-22-23-26-28-31-37(40)43-34-35(33-42-36(39)30-27-24-12-9-6-3)44-38(41)32-29-25-14-11-8-5-2/h15-16,18-19,35H,4-14,17,20-34H2,1-3H3/b16-15-,19-18-. The minimum Gasteiger partial charge on any atom is -0.462 e. The summed E-state index contributed by atoms with van der Waals surface area (Å²) in [5.41, 5.74) is 0. The van der Waals surface area contributed by atoms with E-state index in [4.69, 9.17) is 14.2 Å². The molecule has 0 saturated carbocycles. The van der Waals surface area contributed by atoms with Gasteiger partial charge in [0.25, 0.3) is 0 Å². The van der Waals surface area contributed by atoms with Crippen molar-refractivity contribution in [2.45, 2.75) is 187 Å². The van der Waals surface area contributed by atoms with Gasteiger partial charge < -0.3 is 14.2 Å². The Morgan fingerprint density at radius 2 is 0.818 bits per heavy atom. The first-order chi connectivity index (χ1) is 21.5. The number of hydrogen-bond donors (Lipinski definition) is 0. The van der Waals surface area contributed by atoms with Crippen LogP contribution >= 0.6 is 0 Å². The van der Waals surface area contributed by atoms with Gasteiger partial charge in [0, 0.05) is 19.3 Å². The van der Waals surface area contributed by atoms with Crippen LogP contribution in [-0.2, 0) is 28.6 Å². The average Bonchev–Trinajstić information content (AvgIpc) is 3.02. The van der Waals surface area contributed by atoms with E-state index in [1.54, 1.807) is 0 Å². The van der Waals surface area contributed by atoms with E-state index in [0.29, 0.717) is 19.3 Å². The molecule has 0 heterocycles. The Morgan fingerprint density at radius 3 is 1.30 bits per heavy atom. The maximum absolute atomic E-state index is 12.4. The number of unbranched alkanes of at least 4 members (excludes halogenated alkanes) is 17. The van der Waals surface area contributed by atoms with Crippen LogP contribution < -0.4 is 0 Å². The van der Waals surface area contributed by atoms with E-state index in [0.717, 1.165) is 83.5 Å². The van der Waals surface area contributed by atoms with Gasteiger partial charge in [-0.25, -0.2) is 0 Å². The molecule has 0 aromatic heterocycles. The molecular weight excluding hydrogens is 552 g/mol. The van der Waals surface area contributed by atoms with Gasteiger partial charge in [-0.1, -0.05) is 135 Å². The lowest BCUT2D eigenvalue weighted by molar-refractivity contribution is -0.167. The first kappa shape index (κ1) is 41.9. The lowest BCUT2D eigenvalue weighted by Gasteiger charge is -2.18. The SMILES string of the molecule is CCCCC/C=C\C/C=C\CCCCCCCC(=O)OCC(COC(=O)CCCCCCC)OC(=O)CCCCCCCC. The summed E-state index contributed by atoms with van der Waals surface area (Å²) in [5, 5.41) is 0. The highest BCUT2D eigenvalue weighted by atomic mass is 16.6. The molecule has 44 heavy (non-hydrogen) atoms. The van der Waals surface area contributed by atoms with Crippen LogP contribution in [-0.4, -0.2) is 37.2 Å². The molecule has 256 valence electrons. The van der Waals surface area contributed by atoms with Gasteiger partial charge in [-0.2, -0.15) is 0 Å². The molecule has 0 aliphatic heterocycles. The maximum Gasteiger partial charge on any atom is 0.306 e. The van der Waals surface area contributed by atoms with Crippen molar-refractivity contribution in [1.82, 2.24) is 0 Å². The molecule has 0 bridgehead atoms. The van der Waals surface area contributed by atoms with Crippen molar-refractivity contribution in [2.75, 3.05) is 13.2 Å². The van der Waals surface area contributed by atoms with E-state index < -0.39 is 6.10 Å². The van der Waals surface area contributed by atoms with Crippen LogP contribution in [0.15, 0.2) is 24.3 Å². The topological polar surface area (TPSA) is 78.9 Å². The molecule has 0 saturated heterocycles. The van der Waals surface area contributed by atoms with Crippen molar-refractivity contribution in [3.63, 3.8) is 0 Å². The number of carbonyl (C=O) groups excluding carboxylic acids is 3. The van der Waals surface area contributed by atoms with Crippen molar-refractivity contribution < 1.29 is 28.6 Å². The van der Waals surface area contributed by atoms with Crippen molar-refractivity contribution in [3.8, 4) is 0 Å². The molecule has 0 N–H and O–H groups in total. The summed E-state index contributed by atoms with van der Waals surface area (Å²) >= 11 is 0. The van der Waals surface area contributed by atoms with Gasteiger partial charge in [0.05, 0.1) is 0 Å². The van der Waals surface area contributed by atoms with E-state index in [2.05, 4.69) is 45.1 Å². The lowest BCUT2D eigenvalue weighted by Crippen LogP contribution is -2.30. The first-order valence-corrected chi connectivity index (χ1v) is 18.3. The van der Waals surface area contributed by atoms with Crippen LogP contribution in [0.1, 0.15) is 181 Å². The van der Waals surface area contributed by atoms with Crippen molar-refractivity contribution >= 4 is 17.9 Å². The third-order valence-electron chi connectivity index (χ3n) is 7.71. The smallest absolute Gasteiger partial charge is 0.306 e. The van der Waals surface area contributed by atoms with Gasteiger partial charge in [0.1, 0.15) is 13.2 Å². The predicted octanol–water partition coefficient (Wildman–Crippen LogP) is 10.9. The quantitative estimate of drug-likeness (QED) is 0.0322. The van der Waals surface area contributed by atoms with Gasteiger partial charge in [-0.15, -0.1) is 0 Å². The van der Waals surface area contributed by atoms with Crippen LogP contribution in [0.5, 0.6) is 0 Å². The van der Waals surface area contributed by atoms with Gasteiger partial charge in [-0.05, 0) is 51.4 Å². The molecule has 0 radical (unpaired) electrons. The number of allylic oxidation sites excluding steroid dienone is 4. The van der Waals surface area contributed by atoms with Gasteiger partial charge in [0.2, 0.25) is 0 Å². The van der Waals surface area contributed by atoms with Crippen molar-refractivity contribution in [2.24, 2.45) is 0 Å². The minimum absolute atomic E-state index is 0.0764. The number of esters is 3.